The molecule has 0 aromatic heterocycles. The lowest BCUT2D eigenvalue weighted by Gasteiger charge is -2.31. The van der Waals surface area contributed by atoms with Crippen molar-refractivity contribution in [2.75, 3.05) is 24.5 Å². The number of carbonyl (C=O) groups excluding carboxylic acids is 1. The molecule has 1 aromatic rings. The van der Waals surface area contributed by atoms with E-state index < -0.39 is 0 Å². The molecule has 1 aliphatic rings. The molecule has 0 saturated carbocycles. The predicted octanol–water partition coefficient (Wildman–Crippen LogP) is 2.57. The van der Waals surface area contributed by atoms with Gasteiger partial charge in [-0.05, 0) is 43.5 Å². The third kappa shape index (κ3) is 4.74. The van der Waals surface area contributed by atoms with Crippen LogP contribution in [0, 0.1) is 0 Å². The smallest absolute Gasteiger partial charge is 0.251 e. The zero-order valence-electron chi connectivity index (χ0n) is 12.8. The average molecular weight is 290 g/mol. The molecule has 0 bridgehead atoms. The molecule has 4 nitrogen and oxygen atoms in total. The Morgan fingerprint density at radius 1 is 1.24 bits per heavy atom. The number of carbonyl (C=O) groups is 1. The van der Waals surface area contributed by atoms with Gasteiger partial charge in [0, 0.05) is 30.9 Å². The van der Waals surface area contributed by atoms with E-state index >= 15 is 0 Å². The number of amides is 1. The number of piperidine rings is 1. The van der Waals surface area contributed by atoms with Gasteiger partial charge in [-0.15, -0.1) is 0 Å². The lowest BCUT2D eigenvalue weighted by molar-refractivity contribution is 0.0953. The Bertz CT molecular complexity index is 437. The molecule has 0 atom stereocenters. The Labute approximate surface area is 127 Å². The minimum atomic E-state index is -0.158. The van der Waals surface area contributed by atoms with Crippen molar-refractivity contribution < 1.29 is 9.90 Å². The van der Waals surface area contributed by atoms with Crippen molar-refractivity contribution in [2.24, 2.45) is 0 Å². The van der Waals surface area contributed by atoms with Gasteiger partial charge in [0.25, 0.3) is 5.91 Å². The molecule has 21 heavy (non-hydrogen) atoms. The van der Waals surface area contributed by atoms with Gasteiger partial charge in [-0.3, -0.25) is 4.79 Å². The van der Waals surface area contributed by atoms with E-state index in [-0.39, 0.29) is 12.0 Å². The fourth-order valence-electron chi connectivity index (χ4n) is 2.63. The topological polar surface area (TPSA) is 52.6 Å². The van der Waals surface area contributed by atoms with Gasteiger partial charge < -0.3 is 15.3 Å². The SMILES string of the molecule is CCCCCNC(=O)c1ccc(N2CCC(O)CC2)cc1. The van der Waals surface area contributed by atoms with Crippen LogP contribution in [0.2, 0.25) is 0 Å². The van der Waals surface area contributed by atoms with Gasteiger partial charge in [0.15, 0.2) is 0 Å². The van der Waals surface area contributed by atoms with Crippen LogP contribution in [-0.2, 0) is 0 Å². The van der Waals surface area contributed by atoms with E-state index in [4.69, 9.17) is 0 Å². The second kappa shape index (κ2) is 8.03. The molecule has 0 unspecified atom stereocenters. The second-order valence-corrected chi connectivity index (χ2v) is 5.73. The molecular weight excluding hydrogens is 264 g/mol. The first kappa shape index (κ1) is 15.8. The summed E-state index contributed by atoms with van der Waals surface area (Å²) in [4.78, 5) is 14.2. The largest absolute Gasteiger partial charge is 0.393 e. The van der Waals surface area contributed by atoms with Gasteiger partial charge in [-0.2, -0.15) is 0 Å². The molecule has 0 spiro atoms. The summed E-state index contributed by atoms with van der Waals surface area (Å²) in [6.45, 7) is 4.66. The van der Waals surface area contributed by atoms with Crippen LogP contribution in [-0.4, -0.2) is 36.8 Å². The monoisotopic (exact) mass is 290 g/mol. The number of hydrogen-bond acceptors (Lipinski definition) is 3. The summed E-state index contributed by atoms with van der Waals surface area (Å²) >= 11 is 0. The Balaban J connectivity index is 1.85. The summed E-state index contributed by atoms with van der Waals surface area (Å²) in [6.07, 6.45) is 4.83. The summed E-state index contributed by atoms with van der Waals surface area (Å²) in [5.41, 5.74) is 1.84. The van der Waals surface area contributed by atoms with Gasteiger partial charge in [-0.1, -0.05) is 19.8 Å². The summed E-state index contributed by atoms with van der Waals surface area (Å²) in [5.74, 6) is 0.00622. The number of aliphatic hydroxyl groups excluding tert-OH is 1. The number of anilines is 1. The summed E-state index contributed by atoms with van der Waals surface area (Å²) in [7, 11) is 0. The molecule has 116 valence electrons. The van der Waals surface area contributed by atoms with Crippen molar-refractivity contribution in [3.05, 3.63) is 29.8 Å². The van der Waals surface area contributed by atoms with Crippen molar-refractivity contribution in [3.63, 3.8) is 0 Å². The van der Waals surface area contributed by atoms with Crippen LogP contribution < -0.4 is 10.2 Å². The minimum absolute atomic E-state index is 0.00622. The fraction of sp³-hybridized carbons (Fsp3) is 0.588. The molecule has 1 fully saturated rings. The lowest BCUT2D eigenvalue weighted by atomic mass is 10.1. The molecule has 0 radical (unpaired) electrons. The van der Waals surface area contributed by atoms with Crippen LogP contribution in [0.25, 0.3) is 0 Å². The van der Waals surface area contributed by atoms with Crippen LogP contribution in [0.15, 0.2) is 24.3 Å². The molecule has 2 rings (SSSR count). The number of rotatable bonds is 6. The van der Waals surface area contributed by atoms with Gasteiger partial charge in [0.2, 0.25) is 0 Å². The first-order valence-corrected chi connectivity index (χ1v) is 8.02. The first-order chi connectivity index (χ1) is 10.2. The van der Waals surface area contributed by atoms with E-state index in [1.54, 1.807) is 0 Å². The van der Waals surface area contributed by atoms with Crippen molar-refractivity contribution >= 4 is 11.6 Å². The maximum Gasteiger partial charge on any atom is 0.251 e. The van der Waals surface area contributed by atoms with Crippen LogP contribution >= 0.6 is 0 Å². The van der Waals surface area contributed by atoms with Crippen LogP contribution in [0.3, 0.4) is 0 Å². The van der Waals surface area contributed by atoms with Crippen LogP contribution in [0.5, 0.6) is 0 Å². The molecular formula is C17H26N2O2. The maximum atomic E-state index is 12.0. The summed E-state index contributed by atoms with van der Waals surface area (Å²) < 4.78 is 0. The highest BCUT2D eigenvalue weighted by atomic mass is 16.3. The highest BCUT2D eigenvalue weighted by Gasteiger charge is 2.17. The second-order valence-electron chi connectivity index (χ2n) is 5.73. The highest BCUT2D eigenvalue weighted by molar-refractivity contribution is 5.94. The van der Waals surface area contributed by atoms with E-state index in [0.717, 1.165) is 57.4 Å². The van der Waals surface area contributed by atoms with E-state index in [1.165, 1.54) is 0 Å². The number of aliphatic hydroxyl groups is 1. The Kier molecular flexibility index (Phi) is 6.05. The number of unbranched alkanes of at least 4 members (excludes halogenated alkanes) is 2. The molecule has 1 aromatic carbocycles. The normalized spacial score (nSPS) is 16.0. The van der Waals surface area contributed by atoms with Crippen molar-refractivity contribution in [1.82, 2.24) is 5.32 Å². The van der Waals surface area contributed by atoms with Gasteiger partial charge in [0.1, 0.15) is 0 Å². The molecule has 1 heterocycles. The maximum absolute atomic E-state index is 12.0. The van der Waals surface area contributed by atoms with Crippen LogP contribution in [0.1, 0.15) is 49.4 Å². The first-order valence-electron chi connectivity index (χ1n) is 8.02. The summed E-state index contributed by atoms with van der Waals surface area (Å²) in [6, 6.07) is 7.77. The Hall–Kier alpha value is -1.55. The number of nitrogens with zero attached hydrogens (tertiary/aromatic N) is 1. The molecule has 1 saturated heterocycles. The fourth-order valence-corrected chi connectivity index (χ4v) is 2.63. The van der Waals surface area contributed by atoms with E-state index in [2.05, 4.69) is 17.1 Å². The summed E-state index contributed by atoms with van der Waals surface area (Å²) in [5, 5.41) is 12.5. The van der Waals surface area contributed by atoms with Crippen molar-refractivity contribution in [3.8, 4) is 0 Å². The minimum Gasteiger partial charge on any atom is -0.393 e. The Morgan fingerprint density at radius 3 is 2.52 bits per heavy atom. The van der Waals surface area contributed by atoms with E-state index in [0.29, 0.717) is 5.56 Å². The molecule has 4 heteroatoms. The van der Waals surface area contributed by atoms with Gasteiger partial charge >= 0.3 is 0 Å². The highest BCUT2D eigenvalue weighted by Crippen LogP contribution is 2.20. The third-order valence-corrected chi connectivity index (χ3v) is 4.03. The predicted molar refractivity (Wildman–Crippen MR) is 85.8 cm³/mol. The zero-order chi connectivity index (χ0) is 15.1. The van der Waals surface area contributed by atoms with E-state index in [1.807, 2.05) is 24.3 Å². The molecule has 1 aliphatic heterocycles. The van der Waals surface area contributed by atoms with Gasteiger partial charge in [-0.25, -0.2) is 0 Å². The molecule has 2 N–H and O–H groups in total. The molecule has 1 amide bonds. The number of benzene rings is 1. The van der Waals surface area contributed by atoms with Crippen LogP contribution in [0.4, 0.5) is 5.69 Å². The lowest BCUT2D eigenvalue weighted by Crippen LogP contribution is -2.35. The molecule has 0 aliphatic carbocycles. The van der Waals surface area contributed by atoms with E-state index in [9.17, 15) is 9.90 Å². The Morgan fingerprint density at radius 2 is 1.90 bits per heavy atom. The average Bonchev–Trinajstić information content (AvgIpc) is 2.52. The van der Waals surface area contributed by atoms with Crippen molar-refractivity contribution in [2.45, 2.75) is 45.1 Å². The van der Waals surface area contributed by atoms with Gasteiger partial charge in [0.05, 0.1) is 6.10 Å². The quantitative estimate of drug-likeness (QED) is 0.792. The number of hydrogen-bond donors (Lipinski definition) is 2. The van der Waals surface area contributed by atoms with Crippen molar-refractivity contribution in [1.29, 1.82) is 0 Å². The number of nitrogens with one attached hydrogen (secondary N) is 1. The standard InChI is InChI=1S/C17H26N2O2/c1-2-3-4-11-18-17(21)14-5-7-15(8-6-14)19-12-9-16(20)10-13-19/h5-8,16,20H,2-4,9-13H2,1H3,(H,18,21). The zero-order valence-corrected chi connectivity index (χ0v) is 12.8. The third-order valence-electron chi connectivity index (χ3n) is 4.03.